The van der Waals surface area contributed by atoms with E-state index in [1.165, 1.54) is 4.90 Å². The zero-order valence-electron chi connectivity index (χ0n) is 40.1. The van der Waals surface area contributed by atoms with E-state index in [1.807, 2.05) is 30.0 Å². The van der Waals surface area contributed by atoms with Gasteiger partial charge in [-0.3, -0.25) is 15.1 Å². The summed E-state index contributed by atoms with van der Waals surface area (Å²) >= 11 is 0. The summed E-state index contributed by atoms with van der Waals surface area (Å²) in [5.74, 6) is 0.505. The number of carbonyl (C=O) groups excluding carboxylic acids is 1. The number of nitrogens with one attached hydrogen (secondary N) is 1. The molecule has 2 aromatic carbocycles. The van der Waals surface area contributed by atoms with Crippen LogP contribution in [0.1, 0.15) is 100 Å². The van der Waals surface area contributed by atoms with Gasteiger partial charge in [0.05, 0.1) is 37.8 Å². The summed E-state index contributed by atoms with van der Waals surface area (Å²) in [6.07, 6.45) is 0.456. The molecule has 13 nitrogen and oxygen atoms in total. The lowest BCUT2D eigenvalue weighted by atomic mass is 9.95. The maximum atomic E-state index is 18.2. The van der Waals surface area contributed by atoms with Crippen LogP contribution in [-0.2, 0) is 4.74 Å². The van der Waals surface area contributed by atoms with Gasteiger partial charge in [-0.2, -0.15) is 9.97 Å². The number of aromatic nitrogens is 3. The Morgan fingerprint density at radius 1 is 1.01 bits per heavy atom. The highest BCUT2D eigenvalue weighted by atomic mass is 28.3. The fourth-order valence-electron chi connectivity index (χ4n) is 11.7. The highest BCUT2D eigenvalue weighted by Gasteiger charge is 2.54. The van der Waals surface area contributed by atoms with Crippen molar-refractivity contribution in [3.8, 4) is 34.6 Å². The average molecular weight is 942 g/mol. The minimum Gasteiger partial charge on any atom is -0.472 e. The first-order chi connectivity index (χ1) is 31.5. The molecule has 2 bridgehead atoms. The van der Waals surface area contributed by atoms with Crippen molar-refractivity contribution in [2.45, 2.75) is 147 Å². The second kappa shape index (κ2) is 16.7. The quantitative estimate of drug-likeness (QED) is 0.116. The number of nitrogens with zero attached hydrogens (tertiary/aromatic N) is 6. The number of carbonyl (C=O) groups is 2. The Labute approximate surface area is 391 Å². The highest BCUT2D eigenvalue weighted by molar-refractivity contribution is 6.90. The standard InChI is InChI=1S/C50H62F3N7O6Si/c1-27(2)67(28(3)4,29(5)6)19-16-31-12-11-13-32-20-33(54-46(61)66-48(8,9)10)21-35(37(31)32)40-39(51)41-38-43(57-45(56-41)64-26-49(17-18-49)23-58-24-50(52,53)25-58)59-22-34-14-15-36(60(34)47(62)63)42(59)30(7)65-44(38)55-40/h11-13,20-21,27-30,34,36,42H,14-15,17-18,22-26H2,1-10H3,(H,54,61)(H,62,63). The molecule has 1 aliphatic carbocycles. The number of pyridine rings is 1. The molecule has 4 unspecified atom stereocenters. The minimum absolute atomic E-state index is 0.0676. The van der Waals surface area contributed by atoms with Crippen LogP contribution in [0.2, 0.25) is 16.6 Å². The Morgan fingerprint density at radius 2 is 1.72 bits per heavy atom. The number of piperazine rings is 1. The highest BCUT2D eigenvalue weighted by Crippen LogP contribution is 2.50. The van der Waals surface area contributed by atoms with Crippen molar-refractivity contribution in [3.05, 3.63) is 41.7 Å². The minimum atomic E-state index is -2.70. The second-order valence-electron chi connectivity index (χ2n) is 21.6. The molecular formula is C50H62F3N7O6Si. The number of likely N-dealkylation sites (tertiary alicyclic amines) is 1. The van der Waals surface area contributed by atoms with Gasteiger partial charge in [0.2, 0.25) is 5.88 Å². The molecule has 358 valence electrons. The van der Waals surface area contributed by atoms with Crippen molar-refractivity contribution < 1.29 is 42.1 Å². The first-order valence-corrected chi connectivity index (χ1v) is 25.9. The SMILES string of the molecule is CC1Oc2nc(-c3cc(NC(=O)OC(C)(C)C)cc4cccc(C#C[Si](C(C)C)(C(C)C)C(C)C)c34)c(F)c3nc(OCC4(CN5CC(F)(F)C5)CC4)nc(c23)N2CC3CCC(C12)N3C(=O)O. The molecule has 5 aliphatic rings. The summed E-state index contributed by atoms with van der Waals surface area (Å²) < 4.78 is 64.6. The van der Waals surface area contributed by atoms with Crippen molar-refractivity contribution >= 4 is 53.4 Å². The van der Waals surface area contributed by atoms with Gasteiger partial charge in [0.1, 0.15) is 42.2 Å². The van der Waals surface area contributed by atoms with Crippen LogP contribution in [0, 0.1) is 22.7 Å². The number of alkyl halides is 2. The Kier molecular flexibility index (Phi) is 11.7. The summed E-state index contributed by atoms with van der Waals surface area (Å²) in [6.45, 7) is 20.9. The number of benzene rings is 2. The molecule has 1 saturated carbocycles. The van der Waals surface area contributed by atoms with Gasteiger partial charge in [-0.05, 0) is 93.6 Å². The number of ether oxygens (including phenoxy) is 3. The van der Waals surface area contributed by atoms with E-state index in [9.17, 15) is 23.5 Å². The average Bonchev–Trinajstić information content (AvgIpc) is 3.93. The van der Waals surface area contributed by atoms with Crippen LogP contribution in [0.4, 0.5) is 34.3 Å². The molecule has 4 aromatic rings. The van der Waals surface area contributed by atoms with Gasteiger partial charge in [-0.25, -0.2) is 27.7 Å². The first-order valence-electron chi connectivity index (χ1n) is 23.7. The summed E-state index contributed by atoms with van der Waals surface area (Å²) in [5, 5.41) is 14.8. The van der Waals surface area contributed by atoms with E-state index >= 15 is 4.39 Å². The fourth-order valence-corrected chi connectivity index (χ4v) is 16.9. The zero-order valence-corrected chi connectivity index (χ0v) is 41.1. The van der Waals surface area contributed by atoms with Gasteiger partial charge in [0.25, 0.3) is 5.92 Å². The summed E-state index contributed by atoms with van der Waals surface area (Å²) in [7, 11) is -2.25. The second-order valence-corrected chi connectivity index (χ2v) is 27.2. The molecule has 0 spiro atoms. The van der Waals surface area contributed by atoms with E-state index in [-0.39, 0.29) is 66.2 Å². The van der Waals surface area contributed by atoms with Gasteiger partial charge in [-0.1, -0.05) is 59.6 Å². The van der Waals surface area contributed by atoms with Crippen molar-refractivity contribution in [3.63, 3.8) is 0 Å². The maximum absolute atomic E-state index is 18.2. The number of hydrogen-bond acceptors (Lipinski definition) is 10. The third kappa shape index (κ3) is 8.50. The number of carboxylic acid groups (broad SMARTS) is 1. The topological polar surface area (TPSA) is 142 Å². The Bertz CT molecular complexity index is 2680. The largest absolute Gasteiger partial charge is 0.472 e. The Balaban J connectivity index is 1.24. The molecule has 2 amide bonds. The first kappa shape index (κ1) is 46.8. The zero-order chi connectivity index (χ0) is 48.1. The molecule has 3 saturated heterocycles. The molecule has 67 heavy (non-hydrogen) atoms. The molecule has 4 fully saturated rings. The maximum Gasteiger partial charge on any atom is 0.412 e. The molecule has 2 aromatic heterocycles. The van der Waals surface area contributed by atoms with Crippen LogP contribution in [0.15, 0.2) is 30.3 Å². The van der Waals surface area contributed by atoms with Crippen molar-refractivity contribution in [1.29, 1.82) is 0 Å². The van der Waals surface area contributed by atoms with Gasteiger partial charge in [0.15, 0.2) is 5.82 Å². The van der Waals surface area contributed by atoms with Crippen LogP contribution in [-0.4, -0.2) is 119 Å². The Morgan fingerprint density at radius 3 is 2.34 bits per heavy atom. The Hall–Kier alpha value is -5.34. The lowest BCUT2D eigenvalue weighted by Gasteiger charge is -2.47. The van der Waals surface area contributed by atoms with Crippen LogP contribution in [0.5, 0.6) is 11.9 Å². The van der Waals surface area contributed by atoms with Gasteiger partial charge >= 0.3 is 18.2 Å². The van der Waals surface area contributed by atoms with Crippen LogP contribution in [0.25, 0.3) is 32.9 Å². The van der Waals surface area contributed by atoms with Crippen LogP contribution in [0.3, 0.4) is 0 Å². The van der Waals surface area contributed by atoms with E-state index in [0.717, 1.165) is 12.8 Å². The number of hydrogen-bond donors (Lipinski definition) is 2. The van der Waals surface area contributed by atoms with E-state index in [2.05, 4.69) is 58.3 Å². The van der Waals surface area contributed by atoms with E-state index < -0.39 is 55.8 Å². The molecule has 4 aliphatic heterocycles. The lowest BCUT2D eigenvalue weighted by molar-refractivity contribution is -0.137. The van der Waals surface area contributed by atoms with Crippen LogP contribution >= 0.6 is 0 Å². The number of halogens is 3. The molecule has 9 rings (SSSR count). The smallest absolute Gasteiger partial charge is 0.412 e. The molecule has 17 heteroatoms. The summed E-state index contributed by atoms with van der Waals surface area (Å²) in [5.41, 5.74) is 4.85. The van der Waals surface area contributed by atoms with Gasteiger partial charge < -0.3 is 24.2 Å². The van der Waals surface area contributed by atoms with Gasteiger partial charge in [-0.15, -0.1) is 5.54 Å². The van der Waals surface area contributed by atoms with E-state index in [1.54, 1.807) is 37.8 Å². The number of amides is 2. The molecule has 6 heterocycles. The van der Waals surface area contributed by atoms with Crippen molar-refractivity contribution in [1.82, 2.24) is 24.8 Å². The van der Waals surface area contributed by atoms with Crippen molar-refractivity contribution in [2.75, 3.05) is 43.0 Å². The normalized spacial score (nSPS) is 22.8. The lowest BCUT2D eigenvalue weighted by Crippen LogP contribution is -2.64. The third-order valence-corrected chi connectivity index (χ3v) is 21.1. The van der Waals surface area contributed by atoms with Gasteiger partial charge in [0, 0.05) is 40.7 Å². The molecule has 2 N–H and O–H groups in total. The van der Waals surface area contributed by atoms with Crippen molar-refractivity contribution in [2.24, 2.45) is 5.41 Å². The third-order valence-electron chi connectivity index (χ3n) is 14.8. The van der Waals surface area contributed by atoms with E-state index in [4.69, 9.17) is 29.2 Å². The number of anilines is 2. The monoisotopic (exact) mass is 941 g/mol. The molecule has 4 atom stereocenters. The molecule has 0 radical (unpaired) electrons. The summed E-state index contributed by atoms with van der Waals surface area (Å²) in [4.78, 5) is 46.0. The number of rotatable bonds is 10. The van der Waals surface area contributed by atoms with Crippen LogP contribution < -0.4 is 19.7 Å². The molecular weight excluding hydrogens is 880 g/mol. The predicted octanol–water partition coefficient (Wildman–Crippen LogP) is 10.5. The number of fused-ring (bicyclic) bond motifs is 6. The fraction of sp³-hybridized carbons (Fsp3) is 0.580. The summed E-state index contributed by atoms with van der Waals surface area (Å²) in [6, 6.07) is 7.80. The van der Waals surface area contributed by atoms with E-state index in [0.29, 0.717) is 69.4 Å². The predicted molar refractivity (Wildman–Crippen MR) is 254 cm³/mol.